The van der Waals surface area contributed by atoms with Gasteiger partial charge in [-0.2, -0.15) is 4.39 Å². The molecule has 1 aliphatic rings. The minimum absolute atomic E-state index is 0.0806. The van der Waals surface area contributed by atoms with E-state index in [1.807, 2.05) is 0 Å². The van der Waals surface area contributed by atoms with E-state index >= 15 is 0 Å². The van der Waals surface area contributed by atoms with Gasteiger partial charge in [-0.05, 0) is 13.0 Å². The van der Waals surface area contributed by atoms with Gasteiger partial charge in [-0.1, -0.05) is 0 Å². The van der Waals surface area contributed by atoms with Gasteiger partial charge in [-0.3, -0.25) is 4.79 Å². The quantitative estimate of drug-likeness (QED) is 0.864. The highest BCUT2D eigenvalue weighted by Crippen LogP contribution is 2.33. The summed E-state index contributed by atoms with van der Waals surface area (Å²) in [7, 11) is 0. The predicted octanol–water partition coefficient (Wildman–Crippen LogP) is 1.76. The molecule has 1 N–H and O–H groups in total. The average Bonchev–Trinajstić information content (AvgIpc) is 2.38. The molecule has 0 saturated heterocycles. The third-order valence-electron chi connectivity index (χ3n) is 3.21. The molecule has 0 saturated carbocycles. The molecule has 0 bridgehead atoms. The Morgan fingerprint density at radius 1 is 1.50 bits per heavy atom. The van der Waals surface area contributed by atoms with Crippen LogP contribution in [0.2, 0.25) is 0 Å². The van der Waals surface area contributed by atoms with E-state index in [0.717, 1.165) is 6.20 Å². The molecule has 2 aromatic rings. The zero-order valence-corrected chi connectivity index (χ0v) is 10.3. The van der Waals surface area contributed by atoms with Gasteiger partial charge >= 0.3 is 5.97 Å². The molecule has 1 atom stereocenters. The van der Waals surface area contributed by atoms with Crippen LogP contribution in [0.25, 0.3) is 10.9 Å². The van der Waals surface area contributed by atoms with E-state index in [4.69, 9.17) is 9.84 Å². The van der Waals surface area contributed by atoms with Crippen LogP contribution in [0, 0.1) is 11.6 Å². The van der Waals surface area contributed by atoms with Crippen LogP contribution in [0.1, 0.15) is 17.3 Å². The summed E-state index contributed by atoms with van der Waals surface area (Å²) < 4.78 is 34.0. The molecule has 7 heteroatoms. The van der Waals surface area contributed by atoms with E-state index in [1.165, 1.54) is 4.57 Å². The number of rotatable bonds is 1. The number of aromatic nitrogens is 1. The van der Waals surface area contributed by atoms with Crippen LogP contribution in [-0.2, 0) is 6.54 Å². The molecule has 0 amide bonds. The van der Waals surface area contributed by atoms with Crippen molar-refractivity contribution in [2.45, 2.75) is 19.6 Å². The van der Waals surface area contributed by atoms with Crippen LogP contribution in [0.3, 0.4) is 0 Å². The Morgan fingerprint density at radius 3 is 2.85 bits per heavy atom. The third-order valence-corrected chi connectivity index (χ3v) is 3.21. The van der Waals surface area contributed by atoms with Crippen LogP contribution < -0.4 is 10.2 Å². The van der Waals surface area contributed by atoms with E-state index in [1.54, 1.807) is 6.92 Å². The van der Waals surface area contributed by atoms with Crippen LogP contribution in [0.4, 0.5) is 8.78 Å². The van der Waals surface area contributed by atoms with E-state index in [2.05, 4.69) is 0 Å². The highest BCUT2D eigenvalue weighted by Gasteiger charge is 2.27. The molecular weight excluding hydrogens is 272 g/mol. The fourth-order valence-electron chi connectivity index (χ4n) is 2.39. The molecule has 1 aromatic carbocycles. The van der Waals surface area contributed by atoms with E-state index in [0.29, 0.717) is 6.07 Å². The van der Waals surface area contributed by atoms with Gasteiger partial charge in [0.05, 0.1) is 17.4 Å². The van der Waals surface area contributed by atoms with Crippen molar-refractivity contribution in [2.75, 3.05) is 0 Å². The number of hydrogen-bond donors (Lipinski definition) is 1. The number of pyridine rings is 1. The minimum atomic E-state index is -1.41. The van der Waals surface area contributed by atoms with Crippen LogP contribution in [-0.4, -0.2) is 21.7 Å². The first-order valence-corrected chi connectivity index (χ1v) is 5.85. The number of carbonyl (C=O) groups is 1. The highest BCUT2D eigenvalue weighted by molar-refractivity contribution is 5.94. The molecule has 2 heterocycles. The van der Waals surface area contributed by atoms with Crippen molar-refractivity contribution in [1.82, 2.24) is 4.57 Å². The summed E-state index contributed by atoms with van der Waals surface area (Å²) >= 11 is 0. The Labute approximate surface area is 111 Å². The second-order valence-corrected chi connectivity index (χ2v) is 4.66. The number of carboxylic acids is 1. The van der Waals surface area contributed by atoms with Gasteiger partial charge in [0, 0.05) is 6.20 Å². The Kier molecular flexibility index (Phi) is 2.53. The zero-order valence-electron chi connectivity index (χ0n) is 10.3. The number of ether oxygens (including phenoxy) is 1. The molecule has 104 valence electrons. The maximum Gasteiger partial charge on any atom is 0.341 e. The van der Waals surface area contributed by atoms with Gasteiger partial charge in [-0.15, -0.1) is 0 Å². The summed E-state index contributed by atoms with van der Waals surface area (Å²) in [6.07, 6.45) is 0.665. The van der Waals surface area contributed by atoms with Gasteiger partial charge in [0.1, 0.15) is 11.7 Å². The largest absolute Gasteiger partial charge is 0.483 e. The summed E-state index contributed by atoms with van der Waals surface area (Å²) in [5.74, 6) is -4.19. The maximum absolute atomic E-state index is 13.8. The minimum Gasteiger partial charge on any atom is -0.483 e. The molecule has 0 fully saturated rings. The van der Waals surface area contributed by atoms with Gasteiger partial charge in [0.2, 0.25) is 11.2 Å². The van der Waals surface area contributed by atoms with Crippen molar-refractivity contribution in [1.29, 1.82) is 0 Å². The number of nitrogens with zero attached hydrogens (tertiary/aromatic N) is 1. The summed E-state index contributed by atoms with van der Waals surface area (Å²) in [6.45, 7) is 1.88. The molecule has 1 unspecified atom stereocenters. The van der Waals surface area contributed by atoms with Crippen molar-refractivity contribution in [3.8, 4) is 5.75 Å². The van der Waals surface area contributed by atoms with E-state index < -0.39 is 34.7 Å². The Balaban J connectivity index is 2.53. The van der Waals surface area contributed by atoms with Gasteiger partial charge in [0.15, 0.2) is 11.6 Å². The molecule has 0 radical (unpaired) electrons. The Hall–Kier alpha value is -2.44. The second-order valence-electron chi connectivity index (χ2n) is 4.66. The maximum atomic E-state index is 13.8. The first kappa shape index (κ1) is 12.6. The molecule has 1 aromatic heterocycles. The second kappa shape index (κ2) is 4.03. The number of carboxylic acid groups (broad SMARTS) is 1. The summed E-state index contributed by atoms with van der Waals surface area (Å²) in [6, 6.07) is 0.707. The SMILES string of the molecule is CC1Cn2cc(C(=O)O)c(=O)c3cc(F)c(F)c(c32)O1. The average molecular weight is 281 g/mol. The first-order valence-electron chi connectivity index (χ1n) is 5.85. The Morgan fingerprint density at radius 2 is 2.20 bits per heavy atom. The third kappa shape index (κ3) is 1.59. The number of halogens is 2. The summed E-state index contributed by atoms with van der Waals surface area (Å²) in [4.78, 5) is 23.1. The predicted molar refractivity (Wildman–Crippen MR) is 65.2 cm³/mol. The number of benzene rings is 1. The first-order chi connectivity index (χ1) is 9.40. The lowest BCUT2D eigenvalue weighted by Crippen LogP contribution is -2.29. The molecule has 0 spiro atoms. The lowest BCUT2D eigenvalue weighted by Gasteiger charge is -2.26. The Bertz CT molecular complexity index is 812. The topological polar surface area (TPSA) is 68.5 Å². The molecule has 1 aliphatic heterocycles. The van der Waals surface area contributed by atoms with Gasteiger partial charge in [0.25, 0.3) is 0 Å². The van der Waals surface area contributed by atoms with Crippen molar-refractivity contribution >= 4 is 16.9 Å². The molecular formula is C13H9F2NO4. The van der Waals surface area contributed by atoms with Crippen LogP contribution in [0.5, 0.6) is 5.75 Å². The standard InChI is InChI=1S/C13H9F2NO4/c1-5-3-16-4-7(13(18)19)11(17)6-2-8(14)9(15)12(20-5)10(6)16/h2,4-5H,3H2,1H3,(H,18,19). The van der Waals surface area contributed by atoms with Crippen molar-refractivity contribution in [3.63, 3.8) is 0 Å². The monoisotopic (exact) mass is 281 g/mol. The normalized spacial score (nSPS) is 17.1. The van der Waals surface area contributed by atoms with Crippen LogP contribution in [0.15, 0.2) is 17.1 Å². The van der Waals surface area contributed by atoms with Crippen molar-refractivity contribution < 1.29 is 23.4 Å². The smallest absolute Gasteiger partial charge is 0.341 e. The van der Waals surface area contributed by atoms with Gasteiger partial charge < -0.3 is 14.4 Å². The van der Waals surface area contributed by atoms with E-state index in [9.17, 15) is 18.4 Å². The number of hydrogen-bond acceptors (Lipinski definition) is 3. The summed E-state index contributed by atoms with van der Waals surface area (Å²) in [5.41, 5.74) is -1.26. The van der Waals surface area contributed by atoms with E-state index in [-0.39, 0.29) is 23.2 Å². The zero-order chi connectivity index (χ0) is 14.6. The number of aromatic carboxylic acids is 1. The fourth-order valence-corrected chi connectivity index (χ4v) is 2.39. The molecule has 5 nitrogen and oxygen atoms in total. The lowest BCUT2D eigenvalue weighted by molar-refractivity contribution is 0.0694. The summed E-state index contributed by atoms with van der Waals surface area (Å²) in [5, 5.41) is 8.81. The van der Waals surface area contributed by atoms with Crippen molar-refractivity contribution in [2.24, 2.45) is 0 Å². The highest BCUT2D eigenvalue weighted by atomic mass is 19.2. The molecule has 20 heavy (non-hydrogen) atoms. The fraction of sp³-hybridized carbons (Fsp3) is 0.231. The molecule has 3 rings (SSSR count). The molecule has 0 aliphatic carbocycles. The van der Waals surface area contributed by atoms with Gasteiger partial charge in [-0.25, -0.2) is 9.18 Å². The van der Waals surface area contributed by atoms with Crippen LogP contribution >= 0.6 is 0 Å². The lowest BCUT2D eigenvalue weighted by atomic mass is 10.1. The van der Waals surface area contributed by atoms with Crippen molar-refractivity contribution in [3.05, 3.63) is 39.7 Å².